The largest absolute Gasteiger partial charge is 0.497 e. The van der Waals surface area contributed by atoms with Crippen LogP contribution in [0.1, 0.15) is 29.6 Å². The zero-order chi connectivity index (χ0) is 15.6. The molecule has 0 fully saturated rings. The molecule has 2 aromatic carbocycles. The number of hydrogen-bond donors (Lipinski definition) is 1. The Morgan fingerprint density at radius 2 is 1.91 bits per heavy atom. The van der Waals surface area contributed by atoms with Crippen molar-refractivity contribution in [3.8, 4) is 5.75 Å². The Kier molecular flexibility index (Phi) is 3.46. The molecule has 4 rings (SSSR count). The minimum absolute atomic E-state index is 0.133. The second kappa shape index (κ2) is 5.76. The third-order valence-corrected chi connectivity index (χ3v) is 4.31. The van der Waals surface area contributed by atoms with E-state index in [0.717, 1.165) is 18.1 Å². The Hall–Kier alpha value is -2.82. The molecule has 3 aromatic rings. The molecular formula is C18H18N4O. The van der Waals surface area contributed by atoms with Crippen LogP contribution in [0.3, 0.4) is 0 Å². The van der Waals surface area contributed by atoms with E-state index in [1.807, 2.05) is 22.9 Å². The number of benzene rings is 2. The highest BCUT2D eigenvalue weighted by atomic mass is 16.5. The Morgan fingerprint density at radius 3 is 2.74 bits per heavy atom. The van der Waals surface area contributed by atoms with E-state index in [4.69, 9.17) is 4.74 Å². The summed E-state index contributed by atoms with van der Waals surface area (Å²) in [6.07, 6.45) is 2.51. The van der Waals surface area contributed by atoms with Crippen molar-refractivity contribution in [1.29, 1.82) is 0 Å². The van der Waals surface area contributed by atoms with E-state index in [2.05, 4.69) is 51.8 Å². The van der Waals surface area contributed by atoms with Crippen LogP contribution in [0.2, 0.25) is 0 Å². The number of fused-ring (bicyclic) bond motifs is 1. The van der Waals surface area contributed by atoms with Gasteiger partial charge in [-0.1, -0.05) is 42.5 Å². The van der Waals surface area contributed by atoms with Crippen molar-refractivity contribution in [2.45, 2.75) is 18.5 Å². The van der Waals surface area contributed by atoms with Gasteiger partial charge in [-0.3, -0.25) is 0 Å². The van der Waals surface area contributed by atoms with Gasteiger partial charge in [0.15, 0.2) is 0 Å². The second-order valence-corrected chi connectivity index (χ2v) is 5.66. The summed E-state index contributed by atoms with van der Waals surface area (Å²) in [5, 5.41) is 7.88. The first kappa shape index (κ1) is 13.8. The van der Waals surface area contributed by atoms with Crippen molar-refractivity contribution < 1.29 is 4.74 Å². The maximum atomic E-state index is 5.37. The standard InChI is InChI=1S/C18H18N4O/c1-23-15-9-5-8-14(10-15)17-11-16(13-6-3-2-4-7-13)21-18-19-12-20-22(17)18/h2-10,12,16-17H,11H2,1H3,(H,19,20,21)/t16-,17+/m0/s1. The molecule has 0 aliphatic carbocycles. The van der Waals surface area contributed by atoms with Crippen molar-refractivity contribution >= 4 is 5.95 Å². The molecule has 116 valence electrons. The molecule has 0 saturated carbocycles. The fourth-order valence-corrected chi connectivity index (χ4v) is 3.15. The zero-order valence-electron chi connectivity index (χ0n) is 12.9. The van der Waals surface area contributed by atoms with E-state index in [1.54, 1.807) is 13.4 Å². The minimum Gasteiger partial charge on any atom is -0.497 e. The number of hydrogen-bond acceptors (Lipinski definition) is 4. The molecule has 1 aromatic heterocycles. The molecular weight excluding hydrogens is 288 g/mol. The van der Waals surface area contributed by atoms with Gasteiger partial charge in [-0.2, -0.15) is 10.1 Å². The van der Waals surface area contributed by atoms with Gasteiger partial charge in [-0.05, 0) is 29.7 Å². The molecule has 0 radical (unpaired) electrons. The second-order valence-electron chi connectivity index (χ2n) is 5.66. The Balaban J connectivity index is 1.74. The number of methoxy groups -OCH3 is 1. The van der Waals surface area contributed by atoms with Crippen molar-refractivity contribution in [2.24, 2.45) is 0 Å². The number of rotatable bonds is 3. The van der Waals surface area contributed by atoms with Crippen LogP contribution in [0.25, 0.3) is 0 Å². The van der Waals surface area contributed by atoms with Gasteiger partial charge >= 0.3 is 0 Å². The predicted octanol–water partition coefficient (Wildman–Crippen LogP) is 3.43. The first-order valence-electron chi connectivity index (χ1n) is 7.70. The highest BCUT2D eigenvalue weighted by Crippen LogP contribution is 2.37. The van der Waals surface area contributed by atoms with Crippen LogP contribution in [-0.4, -0.2) is 21.9 Å². The first-order chi connectivity index (χ1) is 11.3. The smallest absolute Gasteiger partial charge is 0.222 e. The lowest BCUT2D eigenvalue weighted by Gasteiger charge is -2.31. The topological polar surface area (TPSA) is 52.0 Å². The number of nitrogens with one attached hydrogen (secondary N) is 1. The molecule has 2 atom stereocenters. The summed E-state index contributed by atoms with van der Waals surface area (Å²) in [4.78, 5) is 4.36. The molecule has 0 spiro atoms. The van der Waals surface area contributed by atoms with E-state index >= 15 is 0 Å². The maximum absolute atomic E-state index is 5.37. The number of ether oxygens (including phenoxy) is 1. The fraction of sp³-hybridized carbons (Fsp3) is 0.222. The predicted molar refractivity (Wildman–Crippen MR) is 88.6 cm³/mol. The Labute approximate surface area is 134 Å². The van der Waals surface area contributed by atoms with Crippen molar-refractivity contribution in [3.05, 3.63) is 72.1 Å². The summed E-state index contributed by atoms with van der Waals surface area (Å²) < 4.78 is 7.32. The van der Waals surface area contributed by atoms with E-state index in [1.165, 1.54) is 11.1 Å². The number of aromatic nitrogens is 3. The molecule has 1 aliphatic heterocycles. The minimum atomic E-state index is 0.133. The van der Waals surface area contributed by atoms with Gasteiger partial charge in [0.2, 0.25) is 5.95 Å². The van der Waals surface area contributed by atoms with Crippen LogP contribution >= 0.6 is 0 Å². The van der Waals surface area contributed by atoms with Crippen LogP contribution in [0, 0.1) is 0 Å². The average molecular weight is 306 g/mol. The Morgan fingerprint density at radius 1 is 1.09 bits per heavy atom. The third kappa shape index (κ3) is 2.54. The normalized spacial score (nSPS) is 19.7. The molecule has 0 saturated heterocycles. The highest BCUT2D eigenvalue weighted by Gasteiger charge is 2.29. The van der Waals surface area contributed by atoms with Crippen LogP contribution in [0.4, 0.5) is 5.95 Å². The lowest BCUT2D eigenvalue weighted by Crippen LogP contribution is -2.28. The molecule has 23 heavy (non-hydrogen) atoms. The molecule has 1 aliphatic rings. The SMILES string of the molecule is COc1cccc([C@H]2C[C@@H](c3ccccc3)Nc3ncnn32)c1. The number of nitrogens with zero attached hydrogens (tertiary/aromatic N) is 3. The molecule has 1 N–H and O–H groups in total. The fourth-order valence-electron chi connectivity index (χ4n) is 3.15. The quantitative estimate of drug-likeness (QED) is 0.805. The van der Waals surface area contributed by atoms with Crippen molar-refractivity contribution in [2.75, 3.05) is 12.4 Å². The lowest BCUT2D eigenvalue weighted by molar-refractivity contribution is 0.406. The van der Waals surface area contributed by atoms with E-state index in [0.29, 0.717) is 0 Å². The summed E-state index contributed by atoms with van der Waals surface area (Å²) in [6.45, 7) is 0. The molecule has 5 nitrogen and oxygen atoms in total. The number of anilines is 1. The molecule has 5 heteroatoms. The van der Waals surface area contributed by atoms with Crippen molar-refractivity contribution in [1.82, 2.24) is 14.8 Å². The van der Waals surface area contributed by atoms with Gasteiger partial charge in [-0.15, -0.1) is 0 Å². The van der Waals surface area contributed by atoms with Gasteiger partial charge in [0, 0.05) is 0 Å². The summed E-state index contributed by atoms with van der Waals surface area (Å²) in [5.74, 6) is 1.66. The van der Waals surface area contributed by atoms with E-state index < -0.39 is 0 Å². The molecule has 0 amide bonds. The van der Waals surface area contributed by atoms with Gasteiger partial charge in [-0.25, -0.2) is 4.68 Å². The highest BCUT2D eigenvalue weighted by molar-refractivity contribution is 5.39. The summed E-state index contributed by atoms with van der Waals surface area (Å²) in [6, 6.07) is 19.0. The molecule has 0 unspecified atom stereocenters. The monoisotopic (exact) mass is 306 g/mol. The van der Waals surface area contributed by atoms with Gasteiger partial charge in [0.1, 0.15) is 12.1 Å². The van der Waals surface area contributed by atoms with E-state index in [9.17, 15) is 0 Å². The summed E-state index contributed by atoms with van der Waals surface area (Å²) in [5.41, 5.74) is 2.44. The van der Waals surface area contributed by atoms with Crippen molar-refractivity contribution in [3.63, 3.8) is 0 Å². The first-order valence-corrected chi connectivity index (χ1v) is 7.70. The molecule has 2 heterocycles. The Bertz CT molecular complexity index is 800. The zero-order valence-corrected chi connectivity index (χ0v) is 12.9. The van der Waals surface area contributed by atoms with Crippen LogP contribution in [0.5, 0.6) is 5.75 Å². The van der Waals surface area contributed by atoms with Gasteiger partial charge in [0.25, 0.3) is 0 Å². The van der Waals surface area contributed by atoms with Crippen LogP contribution in [0.15, 0.2) is 60.9 Å². The lowest BCUT2D eigenvalue weighted by atomic mass is 9.93. The van der Waals surface area contributed by atoms with Crippen LogP contribution in [-0.2, 0) is 0 Å². The van der Waals surface area contributed by atoms with Crippen LogP contribution < -0.4 is 10.1 Å². The summed E-state index contributed by atoms with van der Waals surface area (Å²) in [7, 11) is 1.69. The molecule has 0 bridgehead atoms. The average Bonchev–Trinajstić information content (AvgIpc) is 3.10. The van der Waals surface area contributed by atoms with Gasteiger partial charge in [0.05, 0.1) is 19.2 Å². The third-order valence-electron chi connectivity index (χ3n) is 4.31. The maximum Gasteiger partial charge on any atom is 0.222 e. The van der Waals surface area contributed by atoms with Gasteiger partial charge < -0.3 is 10.1 Å². The van der Waals surface area contributed by atoms with E-state index in [-0.39, 0.29) is 12.1 Å². The summed E-state index contributed by atoms with van der Waals surface area (Å²) >= 11 is 0.